The Labute approximate surface area is 192 Å². The van der Waals surface area contributed by atoms with E-state index in [2.05, 4.69) is 42.5 Å². The Bertz CT molecular complexity index is 1410. The van der Waals surface area contributed by atoms with Crippen LogP contribution in [0.15, 0.2) is 49.4 Å². The van der Waals surface area contributed by atoms with E-state index < -0.39 is 12.2 Å². The van der Waals surface area contributed by atoms with Gasteiger partial charge < -0.3 is 20.1 Å². The van der Waals surface area contributed by atoms with Crippen molar-refractivity contribution >= 4 is 37.8 Å². The average Bonchev–Trinajstić information content (AvgIpc) is 3.56. The normalized spacial score (nSPS) is 21.1. The number of pyridine rings is 1. The van der Waals surface area contributed by atoms with E-state index in [9.17, 15) is 10.2 Å². The van der Waals surface area contributed by atoms with Gasteiger partial charge in [0, 0.05) is 0 Å². The molecule has 0 saturated heterocycles. The van der Waals surface area contributed by atoms with Crippen LogP contribution in [0.25, 0.3) is 27.1 Å². The molecule has 1 fully saturated rings. The number of hydrogen-bond donors (Lipinski definition) is 3. The molecule has 0 aliphatic heterocycles. The lowest BCUT2D eigenvalue weighted by molar-refractivity contribution is -0.0161. The largest absolute Gasteiger partial charge is 0.390 e. The maximum Gasteiger partial charge on any atom is 0.184 e. The molecule has 3 N–H and O–H groups in total. The van der Waals surface area contributed by atoms with Gasteiger partial charge in [-0.15, -0.1) is 0 Å². The van der Waals surface area contributed by atoms with Crippen molar-refractivity contribution in [3.8, 4) is 5.69 Å². The van der Waals surface area contributed by atoms with Crippen molar-refractivity contribution in [1.82, 2.24) is 34.3 Å². The van der Waals surface area contributed by atoms with Gasteiger partial charge in [0.2, 0.25) is 0 Å². The number of thiazole rings is 1. The Morgan fingerprint density at radius 1 is 1.09 bits per heavy atom. The highest BCUT2D eigenvalue weighted by Gasteiger charge is 2.30. The summed E-state index contributed by atoms with van der Waals surface area (Å²) in [6, 6.07) is 7.95. The Morgan fingerprint density at radius 3 is 2.91 bits per heavy atom. The van der Waals surface area contributed by atoms with Crippen molar-refractivity contribution in [1.29, 1.82) is 0 Å². The van der Waals surface area contributed by atoms with Gasteiger partial charge in [-0.2, -0.15) is 5.10 Å². The van der Waals surface area contributed by atoms with Crippen LogP contribution in [0, 0.1) is 0 Å². The number of fused-ring (bicyclic) bond motifs is 2. The van der Waals surface area contributed by atoms with Crippen molar-refractivity contribution in [3.05, 3.63) is 55.0 Å². The summed E-state index contributed by atoms with van der Waals surface area (Å²) in [6.07, 6.45) is 7.57. The van der Waals surface area contributed by atoms with Crippen LogP contribution in [-0.4, -0.2) is 62.7 Å². The summed E-state index contributed by atoms with van der Waals surface area (Å²) in [6.45, 7) is 0.635. The fourth-order valence-corrected chi connectivity index (χ4v) is 5.31. The number of aliphatic hydroxyl groups excluding tert-OH is 2. The molecule has 0 radical (unpaired) electrons. The van der Waals surface area contributed by atoms with E-state index in [1.54, 1.807) is 34.9 Å². The lowest BCUT2D eigenvalue weighted by atomic mass is 9.90. The van der Waals surface area contributed by atoms with Crippen LogP contribution in [0.5, 0.6) is 0 Å². The summed E-state index contributed by atoms with van der Waals surface area (Å²) in [5, 5.41) is 28.4. The van der Waals surface area contributed by atoms with Gasteiger partial charge in [-0.1, -0.05) is 17.4 Å². The summed E-state index contributed by atoms with van der Waals surface area (Å²) in [4.78, 5) is 17.7. The summed E-state index contributed by atoms with van der Waals surface area (Å²) in [5.41, 5.74) is 4.43. The first kappa shape index (κ1) is 20.2. The van der Waals surface area contributed by atoms with Crippen LogP contribution in [0.3, 0.4) is 0 Å². The SMILES string of the molecule is OC1CCCC(Nc2nc3ccc(Cn4cnc5cc(-n6cncn6)cnc54)cc3s2)C1O. The van der Waals surface area contributed by atoms with Crippen LogP contribution < -0.4 is 5.32 Å². The van der Waals surface area contributed by atoms with Crippen molar-refractivity contribution < 1.29 is 10.2 Å². The highest BCUT2D eigenvalue weighted by atomic mass is 32.1. The number of aromatic nitrogens is 7. The topological polar surface area (TPSA) is 127 Å². The number of aliphatic hydroxyl groups is 2. The molecule has 4 aromatic heterocycles. The minimum atomic E-state index is -0.770. The number of imidazole rings is 1. The molecule has 4 heterocycles. The van der Waals surface area contributed by atoms with Crippen molar-refractivity contribution in [2.75, 3.05) is 5.32 Å². The maximum absolute atomic E-state index is 10.3. The Kier molecular flexibility index (Phi) is 5.01. The standard InChI is InChI=1S/C22H22N8O2S/c31-18-3-1-2-16(20(18)32)28-22-27-15-5-4-13(6-19(15)33-22)9-29-12-25-17-7-14(8-24-21(17)29)30-11-23-10-26-30/h4-8,10-12,16,18,20,31-32H,1-3,9H2,(H,27,28). The number of benzene rings is 1. The van der Waals surface area contributed by atoms with Crippen molar-refractivity contribution in [2.24, 2.45) is 0 Å². The Balaban J connectivity index is 1.23. The molecule has 3 unspecified atom stereocenters. The second kappa shape index (κ2) is 8.18. The van der Waals surface area contributed by atoms with Gasteiger partial charge in [-0.3, -0.25) is 0 Å². The first-order valence-corrected chi connectivity index (χ1v) is 11.6. The Morgan fingerprint density at radius 2 is 2.03 bits per heavy atom. The van der Waals surface area contributed by atoms with E-state index in [1.165, 1.54) is 6.33 Å². The molecule has 10 nitrogen and oxygen atoms in total. The molecule has 1 saturated carbocycles. The monoisotopic (exact) mass is 462 g/mol. The fourth-order valence-electron chi connectivity index (χ4n) is 4.32. The summed E-state index contributed by atoms with van der Waals surface area (Å²) >= 11 is 1.55. The van der Waals surface area contributed by atoms with E-state index in [-0.39, 0.29) is 6.04 Å². The molecule has 0 amide bonds. The zero-order valence-corrected chi connectivity index (χ0v) is 18.4. The number of anilines is 1. The zero-order valence-electron chi connectivity index (χ0n) is 17.6. The molecule has 1 aliphatic rings. The molecule has 1 aromatic carbocycles. The third-order valence-electron chi connectivity index (χ3n) is 6.06. The molecule has 11 heteroatoms. The van der Waals surface area contributed by atoms with Crippen LogP contribution in [-0.2, 0) is 6.54 Å². The maximum atomic E-state index is 10.3. The molecule has 3 atom stereocenters. The van der Waals surface area contributed by atoms with Gasteiger partial charge in [0.15, 0.2) is 10.8 Å². The quantitative estimate of drug-likeness (QED) is 0.363. The van der Waals surface area contributed by atoms with E-state index in [0.717, 1.165) is 50.6 Å². The molecule has 6 rings (SSSR count). The summed E-state index contributed by atoms with van der Waals surface area (Å²) in [5.74, 6) is 0. The van der Waals surface area contributed by atoms with Crippen LogP contribution in [0.2, 0.25) is 0 Å². The number of nitrogens with one attached hydrogen (secondary N) is 1. The molecule has 168 valence electrons. The minimum Gasteiger partial charge on any atom is -0.390 e. The zero-order chi connectivity index (χ0) is 22.4. The second-order valence-electron chi connectivity index (χ2n) is 8.31. The second-order valence-corrected chi connectivity index (χ2v) is 9.34. The first-order valence-electron chi connectivity index (χ1n) is 10.8. The molecule has 0 spiro atoms. The third kappa shape index (κ3) is 3.84. The van der Waals surface area contributed by atoms with E-state index in [4.69, 9.17) is 0 Å². The molecule has 5 aromatic rings. The van der Waals surface area contributed by atoms with Crippen LogP contribution >= 0.6 is 11.3 Å². The van der Waals surface area contributed by atoms with Gasteiger partial charge in [0.25, 0.3) is 0 Å². The lowest BCUT2D eigenvalue weighted by Gasteiger charge is -2.32. The van der Waals surface area contributed by atoms with Crippen LogP contribution in [0.4, 0.5) is 5.13 Å². The molecule has 0 bridgehead atoms. The molecular weight excluding hydrogens is 440 g/mol. The predicted octanol–water partition coefficient (Wildman–Crippen LogP) is 2.36. The number of rotatable bonds is 5. The first-order chi connectivity index (χ1) is 16.1. The van der Waals surface area contributed by atoms with Crippen molar-refractivity contribution in [3.63, 3.8) is 0 Å². The van der Waals surface area contributed by atoms with E-state index >= 15 is 0 Å². The van der Waals surface area contributed by atoms with E-state index in [1.807, 2.05) is 16.7 Å². The average molecular weight is 463 g/mol. The summed E-state index contributed by atoms with van der Waals surface area (Å²) in [7, 11) is 0. The fraction of sp³-hybridized carbons (Fsp3) is 0.318. The minimum absolute atomic E-state index is 0.181. The van der Waals surface area contributed by atoms with Gasteiger partial charge in [-0.25, -0.2) is 24.6 Å². The van der Waals surface area contributed by atoms with Gasteiger partial charge in [0.05, 0.1) is 53.2 Å². The predicted molar refractivity (Wildman–Crippen MR) is 124 cm³/mol. The number of hydrogen-bond acceptors (Lipinski definition) is 9. The van der Waals surface area contributed by atoms with Gasteiger partial charge >= 0.3 is 0 Å². The van der Waals surface area contributed by atoms with Crippen molar-refractivity contribution in [2.45, 2.75) is 44.1 Å². The highest BCUT2D eigenvalue weighted by Crippen LogP contribution is 2.30. The molecule has 33 heavy (non-hydrogen) atoms. The van der Waals surface area contributed by atoms with Gasteiger partial charge in [0.1, 0.15) is 18.2 Å². The lowest BCUT2D eigenvalue weighted by Crippen LogP contribution is -2.45. The van der Waals surface area contributed by atoms with E-state index in [0.29, 0.717) is 13.0 Å². The summed E-state index contributed by atoms with van der Waals surface area (Å²) < 4.78 is 4.73. The highest BCUT2D eigenvalue weighted by molar-refractivity contribution is 7.22. The number of nitrogens with zero attached hydrogens (tertiary/aromatic N) is 7. The van der Waals surface area contributed by atoms with Gasteiger partial charge in [-0.05, 0) is 43.0 Å². The smallest absolute Gasteiger partial charge is 0.184 e. The van der Waals surface area contributed by atoms with Crippen LogP contribution in [0.1, 0.15) is 24.8 Å². The molecular formula is C22H22N8O2S. The third-order valence-corrected chi connectivity index (χ3v) is 7.01. The Hall–Kier alpha value is -3.41. The molecule has 1 aliphatic carbocycles.